The fourth-order valence-corrected chi connectivity index (χ4v) is 0.247. The molecular formula is C4H2Ca2O6. The van der Waals surface area contributed by atoms with E-state index in [0.29, 0.717) is 0 Å². The summed E-state index contributed by atoms with van der Waals surface area (Å²) in [7, 11) is 0. The molecule has 8 heteroatoms. The van der Waals surface area contributed by atoms with Crippen LogP contribution in [0, 0.1) is 0 Å². The Hall–Kier alpha value is 1.38. The van der Waals surface area contributed by atoms with Crippen LogP contribution in [0.4, 0.5) is 0 Å². The molecule has 0 fully saturated rings. The maximum Gasteiger partial charge on any atom is 2.00 e. The largest absolute Gasteiger partial charge is 2.00 e. The summed E-state index contributed by atoms with van der Waals surface area (Å²) in [6.07, 6.45) is -5.60. The minimum Gasteiger partial charge on any atom is -0.848 e. The Labute approximate surface area is 128 Å². The molecule has 0 aliphatic heterocycles. The molecular weight excluding hydrogens is 224 g/mol. The van der Waals surface area contributed by atoms with E-state index in [-0.39, 0.29) is 75.5 Å². The molecule has 0 aromatic heterocycles. The fourth-order valence-electron chi connectivity index (χ4n) is 0.247. The van der Waals surface area contributed by atoms with Crippen molar-refractivity contribution in [3.8, 4) is 0 Å². The van der Waals surface area contributed by atoms with Gasteiger partial charge < -0.3 is 30.0 Å². The summed E-state index contributed by atoms with van der Waals surface area (Å²) in [6, 6.07) is 0. The Morgan fingerprint density at radius 3 is 1.08 bits per heavy atom. The zero-order chi connectivity index (χ0) is 8.31. The smallest absolute Gasteiger partial charge is 0.848 e. The van der Waals surface area contributed by atoms with Crippen molar-refractivity contribution in [2.24, 2.45) is 0 Å². The molecule has 0 aliphatic rings. The van der Waals surface area contributed by atoms with Gasteiger partial charge in [-0.15, -0.1) is 0 Å². The average Bonchev–Trinajstić information content (AvgIpc) is 1.84. The van der Waals surface area contributed by atoms with Crippen molar-refractivity contribution >= 4 is 87.4 Å². The van der Waals surface area contributed by atoms with Gasteiger partial charge in [0.2, 0.25) is 0 Å². The average molecular weight is 226 g/mol. The first kappa shape index (κ1) is 19.0. The van der Waals surface area contributed by atoms with Crippen LogP contribution in [0.25, 0.3) is 0 Å². The molecule has 0 radical (unpaired) electrons. The molecule has 0 N–H and O–H groups in total. The summed E-state index contributed by atoms with van der Waals surface area (Å²) in [4.78, 5) is 19.1. The molecule has 2 unspecified atom stereocenters. The van der Waals surface area contributed by atoms with Crippen LogP contribution in [0.3, 0.4) is 0 Å². The van der Waals surface area contributed by atoms with Crippen LogP contribution in [-0.2, 0) is 9.59 Å². The quantitative estimate of drug-likeness (QED) is 0.440. The van der Waals surface area contributed by atoms with Crippen LogP contribution in [0.1, 0.15) is 0 Å². The van der Waals surface area contributed by atoms with Gasteiger partial charge in [-0.3, -0.25) is 0 Å². The molecule has 0 aromatic carbocycles. The third-order valence-corrected chi connectivity index (χ3v) is 0.740. The van der Waals surface area contributed by atoms with Crippen molar-refractivity contribution in [3.05, 3.63) is 0 Å². The molecule has 0 aromatic rings. The van der Waals surface area contributed by atoms with Crippen LogP contribution in [-0.4, -0.2) is 99.6 Å². The van der Waals surface area contributed by atoms with Gasteiger partial charge in [0.05, 0.1) is 0 Å². The summed E-state index contributed by atoms with van der Waals surface area (Å²) in [5.41, 5.74) is 0. The molecule has 6 nitrogen and oxygen atoms in total. The Morgan fingerprint density at radius 1 is 0.833 bits per heavy atom. The number of hydrogen-bond donors (Lipinski definition) is 0. The topological polar surface area (TPSA) is 126 Å². The molecule has 0 amide bonds. The Kier molecular flexibility index (Phi) is 14.2. The van der Waals surface area contributed by atoms with E-state index < -0.39 is 24.1 Å². The minimum atomic E-state index is -2.80. The summed E-state index contributed by atoms with van der Waals surface area (Å²) >= 11 is 0. The van der Waals surface area contributed by atoms with Crippen LogP contribution < -0.4 is 20.4 Å². The summed E-state index contributed by atoms with van der Waals surface area (Å²) in [5, 5.41) is 39.0. The third kappa shape index (κ3) is 6.85. The Morgan fingerprint density at radius 2 is 1.00 bits per heavy atom. The first-order valence-corrected chi connectivity index (χ1v) is 2.20. The third-order valence-electron chi connectivity index (χ3n) is 0.740. The zero-order valence-electron chi connectivity index (χ0n) is 6.02. The molecule has 12 heavy (non-hydrogen) atoms. The maximum atomic E-state index is 9.97. The van der Waals surface area contributed by atoms with E-state index in [2.05, 4.69) is 0 Å². The summed E-state index contributed by atoms with van der Waals surface area (Å²) in [5.74, 6) is -4.46. The van der Waals surface area contributed by atoms with E-state index in [9.17, 15) is 30.0 Å². The van der Waals surface area contributed by atoms with Crippen molar-refractivity contribution in [1.82, 2.24) is 0 Å². The molecule has 0 bridgehead atoms. The number of carboxylic acids is 2. The Balaban J connectivity index is -0.000000405. The Bertz CT molecular complexity index is 142. The van der Waals surface area contributed by atoms with Crippen molar-refractivity contribution in [1.29, 1.82) is 0 Å². The van der Waals surface area contributed by atoms with E-state index >= 15 is 0 Å². The number of rotatable bonds is 3. The predicted octanol–water partition coefficient (Wildman–Crippen LogP) is -6.82. The number of carbonyl (C=O) groups excluding carboxylic acids is 2. The molecule has 58 valence electrons. The van der Waals surface area contributed by atoms with E-state index in [1.165, 1.54) is 0 Å². The second-order valence-corrected chi connectivity index (χ2v) is 1.48. The van der Waals surface area contributed by atoms with Crippen LogP contribution in [0.2, 0.25) is 0 Å². The summed E-state index contributed by atoms with van der Waals surface area (Å²) < 4.78 is 0. The van der Waals surface area contributed by atoms with Gasteiger partial charge in [0.15, 0.2) is 0 Å². The standard InChI is InChI=1S/C4H4O6.2Ca/c5-1(3(7)8)2(6)4(9)10;;/h1-2H,(H,7,8)(H,9,10);;/q-2;2*+2/p-2. The van der Waals surface area contributed by atoms with Gasteiger partial charge in [0.25, 0.3) is 0 Å². The van der Waals surface area contributed by atoms with Gasteiger partial charge >= 0.3 is 75.5 Å². The van der Waals surface area contributed by atoms with E-state index in [0.717, 1.165) is 0 Å². The molecule has 0 saturated heterocycles. The number of carboxylic acid groups (broad SMARTS) is 2. The van der Waals surface area contributed by atoms with Crippen LogP contribution in [0.15, 0.2) is 0 Å². The monoisotopic (exact) mass is 226 g/mol. The molecule has 0 saturated carbocycles. The van der Waals surface area contributed by atoms with Crippen molar-refractivity contribution in [2.75, 3.05) is 0 Å². The molecule has 0 aliphatic carbocycles. The van der Waals surface area contributed by atoms with Crippen LogP contribution in [0.5, 0.6) is 0 Å². The van der Waals surface area contributed by atoms with Gasteiger partial charge in [-0.2, -0.15) is 0 Å². The van der Waals surface area contributed by atoms with Gasteiger partial charge in [0.1, 0.15) is 0 Å². The van der Waals surface area contributed by atoms with Crippen LogP contribution >= 0.6 is 0 Å². The van der Waals surface area contributed by atoms with Gasteiger partial charge in [0, 0.05) is 11.9 Å². The van der Waals surface area contributed by atoms with Gasteiger partial charge in [-0.1, -0.05) is 12.2 Å². The molecule has 0 heterocycles. The van der Waals surface area contributed by atoms with E-state index in [1.807, 2.05) is 0 Å². The van der Waals surface area contributed by atoms with E-state index in [1.54, 1.807) is 0 Å². The van der Waals surface area contributed by atoms with Crippen molar-refractivity contribution in [3.63, 3.8) is 0 Å². The van der Waals surface area contributed by atoms with Gasteiger partial charge in [-0.25, -0.2) is 0 Å². The zero-order valence-corrected chi connectivity index (χ0v) is 10.4. The first-order chi connectivity index (χ1) is 4.46. The first-order valence-electron chi connectivity index (χ1n) is 2.20. The second kappa shape index (κ2) is 8.96. The minimum absolute atomic E-state index is 0. The SMILES string of the molecule is O=C([O-])C([O-])C([O-])C(=O)[O-].[Ca+2].[Ca+2]. The molecule has 0 spiro atoms. The second-order valence-electron chi connectivity index (χ2n) is 1.48. The van der Waals surface area contributed by atoms with Gasteiger partial charge in [-0.05, 0) is 0 Å². The van der Waals surface area contributed by atoms with Crippen molar-refractivity contribution < 1.29 is 30.0 Å². The fraction of sp³-hybridized carbons (Fsp3) is 0.500. The molecule has 2 atom stereocenters. The van der Waals surface area contributed by atoms with Crippen molar-refractivity contribution in [2.45, 2.75) is 12.2 Å². The number of carbonyl (C=O) groups is 2. The number of aliphatic carboxylic acids is 2. The normalized spacial score (nSPS) is 13.2. The predicted molar refractivity (Wildman–Crippen MR) is 29.1 cm³/mol. The maximum absolute atomic E-state index is 9.97. The summed E-state index contributed by atoms with van der Waals surface area (Å²) in [6.45, 7) is 0. The van der Waals surface area contributed by atoms with E-state index in [4.69, 9.17) is 0 Å². The molecule has 0 rings (SSSR count). The number of hydrogen-bond acceptors (Lipinski definition) is 6.